The highest BCUT2D eigenvalue weighted by Crippen LogP contribution is 2.27. The van der Waals surface area contributed by atoms with Gasteiger partial charge in [0, 0.05) is 23.6 Å². The molecule has 4 nitrogen and oxygen atoms in total. The molecule has 120 valence electrons. The molecule has 0 atom stereocenters. The van der Waals surface area contributed by atoms with Crippen molar-refractivity contribution in [1.29, 1.82) is 0 Å². The molecule has 0 aliphatic carbocycles. The lowest BCUT2D eigenvalue weighted by atomic mass is 10.1. The third kappa shape index (κ3) is 3.91. The van der Waals surface area contributed by atoms with Crippen LogP contribution < -0.4 is 4.90 Å². The van der Waals surface area contributed by atoms with Gasteiger partial charge in [-0.1, -0.05) is 30.0 Å². The Kier molecular flexibility index (Phi) is 4.96. The summed E-state index contributed by atoms with van der Waals surface area (Å²) in [5, 5.41) is 0.680. The maximum atomic E-state index is 12.7. The molecular weight excluding hydrogens is 306 g/mol. The van der Waals surface area contributed by atoms with Gasteiger partial charge < -0.3 is 4.90 Å². The number of aryl methyl sites for hydroxylation is 3. The quantitative estimate of drug-likeness (QED) is 0.639. The molecule has 1 aromatic heterocycles. The number of thioether (sulfide) groups is 1. The van der Waals surface area contributed by atoms with Crippen LogP contribution in [0.1, 0.15) is 29.8 Å². The van der Waals surface area contributed by atoms with Gasteiger partial charge in [-0.3, -0.25) is 4.79 Å². The summed E-state index contributed by atoms with van der Waals surface area (Å²) in [6.45, 7) is 4.70. The second kappa shape index (κ2) is 7.13. The van der Waals surface area contributed by atoms with Gasteiger partial charge in [0.2, 0.25) is 5.91 Å². The molecule has 0 N–H and O–H groups in total. The van der Waals surface area contributed by atoms with E-state index in [1.54, 1.807) is 0 Å². The summed E-state index contributed by atoms with van der Waals surface area (Å²) in [6.07, 6.45) is 3.23. The van der Waals surface area contributed by atoms with Crippen molar-refractivity contribution in [3.63, 3.8) is 0 Å². The number of nitrogens with zero attached hydrogens (tertiary/aromatic N) is 3. The zero-order chi connectivity index (χ0) is 16.2. The molecule has 0 saturated heterocycles. The van der Waals surface area contributed by atoms with Crippen LogP contribution in [0.15, 0.2) is 35.5 Å². The molecule has 0 unspecified atom stereocenters. The molecule has 0 saturated carbocycles. The van der Waals surface area contributed by atoms with Gasteiger partial charge in [-0.15, -0.1) is 0 Å². The summed E-state index contributed by atoms with van der Waals surface area (Å²) in [6, 6.07) is 10.2. The van der Waals surface area contributed by atoms with Crippen LogP contribution in [0.2, 0.25) is 0 Å². The van der Waals surface area contributed by atoms with Crippen LogP contribution in [0.5, 0.6) is 0 Å². The van der Waals surface area contributed by atoms with Crippen molar-refractivity contribution in [2.45, 2.75) is 38.3 Å². The van der Waals surface area contributed by atoms with Gasteiger partial charge in [0.1, 0.15) is 0 Å². The Morgan fingerprint density at radius 3 is 2.70 bits per heavy atom. The van der Waals surface area contributed by atoms with Crippen LogP contribution in [0.25, 0.3) is 0 Å². The average molecular weight is 327 g/mol. The van der Waals surface area contributed by atoms with Crippen molar-refractivity contribution in [3.05, 3.63) is 47.3 Å². The van der Waals surface area contributed by atoms with E-state index >= 15 is 0 Å². The smallest absolute Gasteiger partial charge is 0.237 e. The summed E-state index contributed by atoms with van der Waals surface area (Å²) in [5.41, 5.74) is 4.21. The highest BCUT2D eigenvalue weighted by atomic mass is 32.2. The Hall–Kier alpha value is -1.88. The Balaban J connectivity index is 1.73. The molecule has 3 rings (SSSR count). The molecule has 1 aliphatic heterocycles. The SMILES string of the molecule is Cc1cc(C)nc(SCC(=O)N2CCCCc3ccccc32)n1. The standard InChI is InChI=1S/C18H21N3OS/c1-13-11-14(2)20-18(19-13)23-12-17(22)21-10-6-5-8-15-7-3-4-9-16(15)21/h3-4,7,9,11H,5-6,8,10,12H2,1-2H3. The normalized spacial score (nSPS) is 14.3. The van der Waals surface area contributed by atoms with Gasteiger partial charge in [0.05, 0.1) is 5.75 Å². The van der Waals surface area contributed by atoms with E-state index in [1.807, 2.05) is 36.9 Å². The first-order chi connectivity index (χ1) is 11.1. The summed E-state index contributed by atoms with van der Waals surface area (Å²) < 4.78 is 0. The zero-order valence-electron chi connectivity index (χ0n) is 13.6. The second-order valence-electron chi connectivity index (χ2n) is 5.85. The fourth-order valence-electron chi connectivity index (χ4n) is 2.91. The van der Waals surface area contributed by atoms with Crippen LogP contribution in [0.3, 0.4) is 0 Å². The second-order valence-corrected chi connectivity index (χ2v) is 6.80. The number of amides is 1. The van der Waals surface area contributed by atoms with E-state index in [4.69, 9.17) is 0 Å². The molecule has 0 fully saturated rings. The lowest BCUT2D eigenvalue weighted by Gasteiger charge is -2.22. The van der Waals surface area contributed by atoms with Crippen LogP contribution >= 0.6 is 11.8 Å². The third-order valence-electron chi connectivity index (χ3n) is 3.95. The van der Waals surface area contributed by atoms with E-state index in [0.29, 0.717) is 10.9 Å². The average Bonchev–Trinajstić information content (AvgIpc) is 2.74. The maximum absolute atomic E-state index is 12.7. The number of hydrogen-bond donors (Lipinski definition) is 0. The largest absolute Gasteiger partial charge is 0.311 e. The van der Waals surface area contributed by atoms with E-state index < -0.39 is 0 Å². The van der Waals surface area contributed by atoms with Gasteiger partial charge in [-0.05, 0) is 50.8 Å². The van der Waals surface area contributed by atoms with Crippen molar-refractivity contribution in [3.8, 4) is 0 Å². The third-order valence-corrected chi connectivity index (χ3v) is 4.78. The predicted octanol–water partition coefficient (Wildman–Crippen LogP) is 3.56. The van der Waals surface area contributed by atoms with Gasteiger partial charge in [-0.2, -0.15) is 0 Å². The number of benzene rings is 1. The number of hydrogen-bond acceptors (Lipinski definition) is 4. The van der Waals surface area contributed by atoms with E-state index in [-0.39, 0.29) is 5.91 Å². The molecule has 1 aromatic carbocycles. The molecular formula is C18H21N3OS. The maximum Gasteiger partial charge on any atom is 0.237 e. The van der Waals surface area contributed by atoms with Gasteiger partial charge in [0.15, 0.2) is 5.16 Å². The lowest BCUT2D eigenvalue weighted by Crippen LogP contribution is -2.33. The molecule has 1 aliphatic rings. The molecule has 1 amide bonds. The number of rotatable bonds is 3. The van der Waals surface area contributed by atoms with Gasteiger partial charge >= 0.3 is 0 Å². The molecule has 23 heavy (non-hydrogen) atoms. The van der Waals surface area contributed by atoms with E-state index in [2.05, 4.69) is 22.1 Å². The predicted molar refractivity (Wildman–Crippen MR) is 94.0 cm³/mol. The van der Waals surface area contributed by atoms with Gasteiger partial charge in [-0.25, -0.2) is 9.97 Å². The lowest BCUT2D eigenvalue weighted by molar-refractivity contribution is -0.116. The topological polar surface area (TPSA) is 46.1 Å². The van der Waals surface area contributed by atoms with E-state index in [1.165, 1.54) is 17.3 Å². The summed E-state index contributed by atoms with van der Waals surface area (Å²) in [5.74, 6) is 0.504. The number of carbonyl (C=O) groups is 1. The minimum absolute atomic E-state index is 0.132. The molecule has 0 bridgehead atoms. The van der Waals surface area contributed by atoms with Crippen molar-refractivity contribution in [2.75, 3.05) is 17.2 Å². The Morgan fingerprint density at radius 2 is 1.91 bits per heavy atom. The van der Waals surface area contributed by atoms with Crippen LogP contribution in [0, 0.1) is 13.8 Å². The van der Waals surface area contributed by atoms with Gasteiger partial charge in [0.25, 0.3) is 0 Å². The first-order valence-electron chi connectivity index (χ1n) is 7.97. The highest BCUT2D eigenvalue weighted by molar-refractivity contribution is 7.99. The van der Waals surface area contributed by atoms with Crippen LogP contribution in [-0.4, -0.2) is 28.2 Å². The Morgan fingerprint density at radius 1 is 1.17 bits per heavy atom. The number of fused-ring (bicyclic) bond motifs is 1. The Bertz CT molecular complexity index is 697. The summed E-state index contributed by atoms with van der Waals surface area (Å²) in [4.78, 5) is 23.4. The highest BCUT2D eigenvalue weighted by Gasteiger charge is 2.21. The number of anilines is 1. The van der Waals surface area contributed by atoms with Crippen molar-refractivity contribution in [1.82, 2.24) is 9.97 Å². The fraction of sp³-hybridized carbons (Fsp3) is 0.389. The zero-order valence-corrected chi connectivity index (χ0v) is 14.4. The van der Waals surface area contributed by atoms with E-state index in [0.717, 1.165) is 42.9 Å². The Labute approximate surface area is 141 Å². The monoisotopic (exact) mass is 327 g/mol. The van der Waals surface area contributed by atoms with Crippen molar-refractivity contribution < 1.29 is 4.79 Å². The minimum atomic E-state index is 0.132. The summed E-state index contributed by atoms with van der Waals surface area (Å²) in [7, 11) is 0. The minimum Gasteiger partial charge on any atom is -0.311 e. The molecule has 5 heteroatoms. The van der Waals surface area contributed by atoms with Crippen LogP contribution in [-0.2, 0) is 11.2 Å². The van der Waals surface area contributed by atoms with E-state index in [9.17, 15) is 4.79 Å². The molecule has 0 spiro atoms. The number of para-hydroxylation sites is 1. The van der Waals surface area contributed by atoms with Crippen molar-refractivity contribution in [2.24, 2.45) is 0 Å². The van der Waals surface area contributed by atoms with Crippen LogP contribution in [0.4, 0.5) is 5.69 Å². The number of aromatic nitrogens is 2. The summed E-state index contributed by atoms with van der Waals surface area (Å²) >= 11 is 1.42. The first kappa shape index (κ1) is 16.0. The fourth-order valence-corrected chi connectivity index (χ4v) is 3.74. The molecule has 2 heterocycles. The number of carbonyl (C=O) groups excluding carboxylic acids is 1. The van der Waals surface area contributed by atoms with Crippen molar-refractivity contribution >= 4 is 23.4 Å². The molecule has 2 aromatic rings. The first-order valence-corrected chi connectivity index (χ1v) is 8.95. The molecule has 0 radical (unpaired) electrons.